The summed E-state index contributed by atoms with van der Waals surface area (Å²) < 4.78 is 23.2. The van der Waals surface area contributed by atoms with Crippen LogP contribution in [0.4, 0.5) is 0 Å². The molecular formula is C18H37N5O9. The maximum atomic E-state index is 10.4. The molecule has 2 heterocycles. The van der Waals surface area contributed by atoms with E-state index < -0.39 is 79.5 Å². The second-order valence-electron chi connectivity index (χ2n) is 8.65. The molecule has 0 aromatic rings. The van der Waals surface area contributed by atoms with E-state index in [0.29, 0.717) is 12.8 Å². The van der Waals surface area contributed by atoms with Crippen molar-refractivity contribution < 1.29 is 44.2 Å². The van der Waals surface area contributed by atoms with E-state index in [-0.39, 0.29) is 19.6 Å². The Morgan fingerprint density at radius 3 is 2.19 bits per heavy atom. The summed E-state index contributed by atoms with van der Waals surface area (Å²) in [4.78, 5) is 5.14. The maximum absolute atomic E-state index is 10.4. The first-order valence-electron chi connectivity index (χ1n) is 10.8. The Bertz CT molecular complexity index is 593. The van der Waals surface area contributed by atoms with Crippen LogP contribution in [0.2, 0.25) is 0 Å². The third kappa shape index (κ3) is 5.39. The van der Waals surface area contributed by atoms with Gasteiger partial charge in [-0.25, -0.2) is 5.90 Å². The number of rotatable bonds is 7. The molecule has 3 rings (SSSR count). The van der Waals surface area contributed by atoms with Crippen LogP contribution in [-0.4, -0.2) is 113 Å². The topological polar surface area (TPSA) is 257 Å². The quantitative estimate of drug-likeness (QED) is 0.158. The molecule has 3 aliphatic rings. The van der Waals surface area contributed by atoms with Crippen LogP contribution < -0.4 is 28.8 Å². The fourth-order valence-electron chi connectivity index (χ4n) is 4.43. The van der Waals surface area contributed by atoms with Crippen molar-refractivity contribution in [3.05, 3.63) is 0 Å². The highest BCUT2D eigenvalue weighted by Crippen LogP contribution is 2.32. The molecule has 1 unspecified atom stereocenters. The molecule has 14 N–H and O–H groups in total. The van der Waals surface area contributed by atoms with Crippen molar-refractivity contribution in [2.75, 3.05) is 13.2 Å². The summed E-state index contributed by atoms with van der Waals surface area (Å²) in [6, 6.07) is -2.24. The van der Waals surface area contributed by atoms with E-state index in [2.05, 4.69) is 0 Å². The van der Waals surface area contributed by atoms with Crippen molar-refractivity contribution in [2.24, 2.45) is 28.8 Å². The molecular weight excluding hydrogens is 430 g/mol. The zero-order chi connectivity index (χ0) is 23.6. The van der Waals surface area contributed by atoms with Crippen LogP contribution in [0, 0.1) is 0 Å². The fraction of sp³-hybridized carbons (Fsp3) is 1.00. The van der Waals surface area contributed by atoms with Gasteiger partial charge in [-0.15, -0.1) is 0 Å². The first-order valence-corrected chi connectivity index (χ1v) is 10.8. The third-order valence-electron chi connectivity index (χ3n) is 6.42. The SMILES string of the molecule is NC[C@H]1O[C@H](O[C@@H]2CC[C@@H](N)C(O[C@H]3O[C@H](CO)C[C@H](N)[C@H]3O)[C@H]2ON)[C@H](N)[C@@H](O)[C@@H]1O. The fourth-order valence-corrected chi connectivity index (χ4v) is 4.43. The van der Waals surface area contributed by atoms with E-state index in [0.717, 1.165) is 0 Å². The summed E-state index contributed by atoms with van der Waals surface area (Å²) >= 11 is 0. The van der Waals surface area contributed by atoms with E-state index in [9.17, 15) is 20.4 Å². The molecule has 0 radical (unpaired) electrons. The van der Waals surface area contributed by atoms with Crippen molar-refractivity contribution in [2.45, 2.75) is 98.8 Å². The molecule has 2 saturated heterocycles. The van der Waals surface area contributed by atoms with Gasteiger partial charge in [0.2, 0.25) is 0 Å². The predicted molar refractivity (Wildman–Crippen MR) is 108 cm³/mol. The van der Waals surface area contributed by atoms with Gasteiger partial charge in [-0.05, 0) is 19.3 Å². The van der Waals surface area contributed by atoms with Crippen molar-refractivity contribution >= 4 is 0 Å². The molecule has 32 heavy (non-hydrogen) atoms. The molecule has 0 amide bonds. The lowest BCUT2D eigenvalue weighted by Gasteiger charge is -2.46. The van der Waals surface area contributed by atoms with Gasteiger partial charge in [0.1, 0.15) is 36.6 Å². The minimum atomic E-state index is -1.31. The lowest BCUT2D eigenvalue weighted by atomic mass is 9.87. The highest BCUT2D eigenvalue weighted by Gasteiger charge is 2.49. The Morgan fingerprint density at radius 1 is 0.844 bits per heavy atom. The highest BCUT2D eigenvalue weighted by atomic mass is 16.7. The summed E-state index contributed by atoms with van der Waals surface area (Å²) in [5.41, 5.74) is 23.8. The molecule has 14 heteroatoms. The van der Waals surface area contributed by atoms with Gasteiger partial charge in [0.05, 0.1) is 24.9 Å². The molecule has 3 fully saturated rings. The highest BCUT2D eigenvalue weighted by molar-refractivity contribution is 4.97. The molecule has 0 bridgehead atoms. The number of nitrogens with two attached hydrogens (primary N) is 5. The van der Waals surface area contributed by atoms with E-state index >= 15 is 0 Å². The average Bonchev–Trinajstić information content (AvgIpc) is 2.78. The summed E-state index contributed by atoms with van der Waals surface area (Å²) in [7, 11) is 0. The predicted octanol–water partition coefficient (Wildman–Crippen LogP) is -5.33. The van der Waals surface area contributed by atoms with Gasteiger partial charge in [0, 0.05) is 18.6 Å². The zero-order valence-corrected chi connectivity index (χ0v) is 17.8. The van der Waals surface area contributed by atoms with E-state index in [1.54, 1.807) is 0 Å². The van der Waals surface area contributed by atoms with E-state index in [4.69, 9.17) is 52.6 Å². The van der Waals surface area contributed by atoms with Crippen LogP contribution in [0.1, 0.15) is 19.3 Å². The first-order chi connectivity index (χ1) is 15.2. The number of aliphatic hydroxyl groups excluding tert-OH is 4. The third-order valence-corrected chi connectivity index (χ3v) is 6.42. The van der Waals surface area contributed by atoms with Gasteiger partial charge >= 0.3 is 0 Å². The molecule has 188 valence electrons. The van der Waals surface area contributed by atoms with Crippen molar-refractivity contribution in [3.63, 3.8) is 0 Å². The monoisotopic (exact) mass is 467 g/mol. The van der Waals surface area contributed by atoms with Crippen molar-refractivity contribution in [3.8, 4) is 0 Å². The van der Waals surface area contributed by atoms with E-state index in [1.165, 1.54) is 0 Å². The second kappa shape index (κ2) is 11.2. The van der Waals surface area contributed by atoms with Gasteiger partial charge in [-0.2, -0.15) is 0 Å². The van der Waals surface area contributed by atoms with Gasteiger partial charge in [-0.3, -0.25) is 4.84 Å². The lowest BCUT2D eigenvalue weighted by Crippen LogP contribution is -2.66. The molecule has 13 atom stereocenters. The zero-order valence-electron chi connectivity index (χ0n) is 17.8. The molecule has 2 aliphatic heterocycles. The first kappa shape index (κ1) is 26.1. The van der Waals surface area contributed by atoms with Gasteiger partial charge in [0.25, 0.3) is 0 Å². The number of hydrogen-bond acceptors (Lipinski definition) is 14. The van der Waals surface area contributed by atoms with Gasteiger partial charge in [0.15, 0.2) is 12.6 Å². The average molecular weight is 468 g/mol. The second-order valence-corrected chi connectivity index (χ2v) is 8.65. The van der Waals surface area contributed by atoms with Crippen molar-refractivity contribution in [1.29, 1.82) is 0 Å². The van der Waals surface area contributed by atoms with Crippen LogP contribution in [-0.2, 0) is 23.8 Å². The molecule has 0 aromatic carbocycles. The van der Waals surface area contributed by atoms with Crippen LogP contribution in [0.3, 0.4) is 0 Å². The minimum absolute atomic E-state index is 0.0495. The minimum Gasteiger partial charge on any atom is -0.394 e. The number of hydrogen-bond donors (Lipinski definition) is 9. The summed E-state index contributed by atoms with van der Waals surface area (Å²) in [5.74, 6) is 5.54. The largest absolute Gasteiger partial charge is 0.394 e. The summed E-state index contributed by atoms with van der Waals surface area (Å²) in [5, 5.41) is 40.1. The summed E-state index contributed by atoms with van der Waals surface area (Å²) in [6.07, 6.45) is -8.77. The maximum Gasteiger partial charge on any atom is 0.185 e. The number of ether oxygens (including phenoxy) is 4. The van der Waals surface area contributed by atoms with Crippen LogP contribution >= 0.6 is 0 Å². The van der Waals surface area contributed by atoms with Crippen LogP contribution in [0.25, 0.3) is 0 Å². The van der Waals surface area contributed by atoms with E-state index in [1.807, 2.05) is 0 Å². The normalized spacial score (nSPS) is 50.3. The van der Waals surface area contributed by atoms with Crippen LogP contribution in [0.15, 0.2) is 0 Å². The lowest BCUT2D eigenvalue weighted by molar-refractivity contribution is -0.312. The summed E-state index contributed by atoms with van der Waals surface area (Å²) in [6.45, 7) is -0.334. The number of aliphatic hydroxyl groups is 4. The van der Waals surface area contributed by atoms with Gasteiger partial charge in [-0.1, -0.05) is 0 Å². The standard InChI is InChI=1S/C18H37N5O9/c19-4-10-13(26)14(27)11(22)17(30-10)29-9-2-1-7(20)15(16(9)32-23)31-18-12(25)8(21)3-6(5-24)28-18/h6-18,24-27H,1-5,19-23H2/t6-,7+,8-,9+,10+,11+,12+,13+,14+,15?,16-,17-,18+/m0/s1. The molecule has 14 nitrogen and oxygen atoms in total. The Balaban J connectivity index is 1.71. The Hall–Kier alpha value is -0.560. The molecule has 0 spiro atoms. The van der Waals surface area contributed by atoms with Crippen molar-refractivity contribution in [1.82, 2.24) is 0 Å². The molecule has 1 saturated carbocycles. The molecule has 1 aliphatic carbocycles. The smallest absolute Gasteiger partial charge is 0.185 e. The Labute approximate surface area is 185 Å². The Kier molecular flexibility index (Phi) is 9.15. The van der Waals surface area contributed by atoms with Crippen LogP contribution in [0.5, 0.6) is 0 Å². The molecule has 0 aromatic heterocycles. The van der Waals surface area contributed by atoms with Gasteiger partial charge < -0.3 is 62.3 Å². The Morgan fingerprint density at radius 2 is 1.56 bits per heavy atom.